The molecule has 188 valence electrons. The quantitative estimate of drug-likeness (QED) is 0.523. The third kappa shape index (κ3) is 3.47. The molecule has 5 rings (SSSR count). The highest BCUT2D eigenvalue weighted by atomic mass is 16.6. The van der Waals surface area contributed by atoms with Gasteiger partial charge >= 0.3 is 5.97 Å². The Kier molecular flexibility index (Phi) is 6.00. The number of aliphatic hydroxyl groups excluding tert-OH is 1. The molecule has 0 aromatic rings. The summed E-state index contributed by atoms with van der Waals surface area (Å²) < 4.78 is 10.8. The molecule has 9 unspecified atom stereocenters. The van der Waals surface area contributed by atoms with E-state index in [0.29, 0.717) is 16.7 Å². The van der Waals surface area contributed by atoms with Crippen molar-refractivity contribution in [3.05, 3.63) is 0 Å². The molecule has 0 spiro atoms. The Morgan fingerprint density at radius 1 is 0.848 bits per heavy atom. The van der Waals surface area contributed by atoms with Crippen molar-refractivity contribution < 1.29 is 19.4 Å². The molecule has 5 aliphatic carbocycles. The van der Waals surface area contributed by atoms with Gasteiger partial charge in [0.25, 0.3) is 0 Å². The second kappa shape index (κ2) is 8.22. The van der Waals surface area contributed by atoms with Gasteiger partial charge in [0, 0.05) is 0 Å². The highest BCUT2D eigenvalue weighted by Crippen LogP contribution is 2.72. The van der Waals surface area contributed by atoms with Gasteiger partial charge in [-0.05, 0) is 115 Å². The molecule has 1 N–H and O–H groups in total. The highest BCUT2D eigenvalue weighted by Gasteiger charge is 2.66. The zero-order valence-corrected chi connectivity index (χ0v) is 21.8. The smallest absolute Gasteiger partial charge is 0.331 e. The van der Waals surface area contributed by atoms with E-state index in [2.05, 4.69) is 27.7 Å². The minimum Gasteiger partial charge on any atom is -0.467 e. The lowest BCUT2D eigenvalue weighted by atomic mass is 9.36. The molecule has 33 heavy (non-hydrogen) atoms. The molecule has 0 aliphatic heterocycles. The third-order valence-corrected chi connectivity index (χ3v) is 12.5. The van der Waals surface area contributed by atoms with Crippen molar-refractivity contribution in [2.45, 2.75) is 104 Å². The maximum atomic E-state index is 11.6. The van der Waals surface area contributed by atoms with Crippen molar-refractivity contribution in [3.8, 4) is 0 Å². The van der Waals surface area contributed by atoms with E-state index in [1.165, 1.54) is 71.3 Å². The first-order valence-corrected chi connectivity index (χ1v) is 13.9. The predicted molar refractivity (Wildman–Crippen MR) is 130 cm³/mol. The topological polar surface area (TPSA) is 55.8 Å². The number of hydrogen-bond acceptors (Lipinski definition) is 4. The number of rotatable bonds is 4. The first kappa shape index (κ1) is 24.1. The molecule has 0 aromatic carbocycles. The standard InChI is InChI=1S/C29H48O4/c1-26(2)22-11-14-27(3)20-10-16-29(18-33-17-25(31)32-5)13-6-7-21(29)19(20)8-9-23(27)28(22,4)15-12-24(26)30/h19-24,30H,6-18H2,1-5H3. The van der Waals surface area contributed by atoms with Crippen LogP contribution in [0, 0.1) is 51.2 Å². The molecule has 5 saturated carbocycles. The second-order valence-electron chi connectivity index (χ2n) is 13.8. The molecule has 0 saturated heterocycles. The highest BCUT2D eigenvalue weighted by molar-refractivity contribution is 5.70. The van der Waals surface area contributed by atoms with E-state index in [1.54, 1.807) is 0 Å². The van der Waals surface area contributed by atoms with E-state index < -0.39 is 0 Å². The molecule has 0 aromatic heterocycles. The number of aliphatic hydroxyl groups is 1. The molecule has 9 atom stereocenters. The first-order chi connectivity index (χ1) is 15.6. The molecule has 0 heterocycles. The van der Waals surface area contributed by atoms with Gasteiger partial charge in [-0.1, -0.05) is 34.1 Å². The van der Waals surface area contributed by atoms with Crippen LogP contribution >= 0.6 is 0 Å². The monoisotopic (exact) mass is 460 g/mol. The lowest BCUT2D eigenvalue weighted by Gasteiger charge is -2.69. The number of hydrogen-bond donors (Lipinski definition) is 1. The van der Waals surface area contributed by atoms with Crippen LogP contribution < -0.4 is 0 Å². The summed E-state index contributed by atoms with van der Waals surface area (Å²) in [7, 11) is 1.44. The summed E-state index contributed by atoms with van der Waals surface area (Å²) in [6.45, 7) is 10.8. The van der Waals surface area contributed by atoms with E-state index in [1.807, 2.05) is 0 Å². The molecular weight excluding hydrogens is 412 g/mol. The van der Waals surface area contributed by atoms with Crippen molar-refractivity contribution in [1.29, 1.82) is 0 Å². The normalized spacial score (nSPS) is 50.5. The van der Waals surface area contributed by atoms with Gasteiger partial charge < -0.3 is 14.6 Å². The average molecular weight is 461 g/mol. The van der Waals surface area contributed by atoms with Crippen LogP contribution in [0.15, 0.2) is 0 Å². The maximum absolute atomic E-state index is 11.6. The van der Waals surface area contributed by atoms with E-state index in [4.69, 9.17) is 9.47 Å². The Hall–Kier alpha value is -0.610. The van der Waals surface area contributed by atoms with Crippen LogP contribution in [0.3, 0.4) is 0 Å². The number of ether oxygens (including phenoxy) is 2. The molecule has 0 amide bonds. The van der Waals surface area contributed by atoms with Crippen LogP contribution in [-0.4, -0.2) is 37.5 Å². The third-order valence-electron chi connectivity index (χ3n) is 12.5. The van der Waals surface area contributed by atoms with Crippen molar-refractivity contribution >= 4 is 5.97 Å². The van der Waals surface area contributed by atoms with Crippen LogP contribution in [0.25, 0.3) is 0 Å². The van der Waals surface area contributed by atoms with Crippen molar-refractivity contribution in [3.63, 3.8) is 0 Å². The minimum atomic E-state index is -0.256. The Labute approximate surface area is 201 Å². The average Bonchev–Trinajstić information content (AvgIpc) is 3.20. The number of esters is 1. The number of fused-ring (bicyclic) bond motifs is 7. The fourth-order valence-electron chi connectivity index (χ4n) is 11.0. The summed E-state index contributed by atoms with van der Waals surface area (Å²) in [5.41, 5.74) is 1.13. The van der Waals surface area contributed by atoms with Gasteiger partial charge in [-0.2, -0.15) is 0 Å². The summed E-state index contributed by atoms with van der Waals surface area (Å²) in [6, 6.07) is 0. The van der Waals surface area contributed by atoms with Gasteiger partial charge in [-0.25, -0.2) is 4.79 Å². The van der Waals surface area contributed by atoms with Gasteiger partial charge in [-0.15, -0.1) is 0 Å². The van der Waals surface area contributed by atoms with Crippen LogP contribution in [0.5, 0.6) is 0 Å². The molecule has 4 heteroatoms. The van der Waals surface area contributed by atoms with Gasteiger partial charge in [0.2, 0.25) is 0 Å². The largest absolute Gasteiger partial charge is 0.467 e. The number of carbonyl (C=O) groups excluding carboxylic acids is 1. The number of carbonyl (C=O) groups is 1. The van der Waals surface area contributed by atoms with Crippen molar-refractivity contribution in [1.82, 2.24) is 0 Å². The van der Waals surface area contributed by atoms with Crippen LogP contribution in [0.2, 0.25) is 0 Å². The van der Waals surface area contributed by atoms with Gasteiger partial charge in [0.1, 0.15) is 6.61 Å². The van der Waals surface area contributed by atoms with E-state index >= 15 is 0 Å². The SMILES string of the molecule is COC(=O)COCC12CCCC1C1CCC3C(C)(CCC4C(C)(C)C(O)CCC43C)C1CC2. The zero-order valence-electron chi connectivity index (χ0n) is 21.8. The summed E-state index contributed by atoms with van der Waals surface area (Å²) in [5, 5.41) is 10.8. The molecule has 5 aliphatic rings. The van der Waals surface area contributed by atoms with Gasteiger partial charge in [0.15, 0.2) is 0 Å². The van der Waals surface area contributed by atoms with E-state index in [-0.39, 0.29) is 29.5 Å². The first-order valence-electron chi connectivity index (χ1n) is 13.9. The van der Waals surface area contributed by atoms with Crippen LogP contribution in [0.4, 0.5) is 0 Å². The summed E-state index contributed by atoms with van der Waals surface area (Å²) in [4.78, 5) is 11.6. The summed E-state index contributed by atoms with van der Waals surface area (Å²) in [6.07, 6.45) is 14.0. The minimum absolute atomic E-state index is 0.0370. The van der Waals surface area contributed by atoms with Crippen molar-refractivity contribution in [2.75, 3.05) is 20.3 Å². The zero-order chi connectivity index (χ0) is 23.6. The summed E-state index contributed by atoms with van der Waals surface area (Å²) in [5.74, 6) is 3.60. The van der Waals surface area contributed by atoms with Gasteiger partial charge in [0.05, 0.1) is 19.8 Å². The second-order valence-corrected chi connectivity index (χ2v) is 13.8. The fourth-order valence-corrected chi connectivity index (χ4v) is 11.0. The van der Waals surface area contributed by atoms with E-state index in [9.17, 15) is 9.90 Å². The number of methoxy groups -OCH3 is 1. The van der Waals surface area contributed by atoms with Gasteiger partial charge in [-0.3, -0.25) is 0 Å². The van der Waals surface area contributed by atoms with Crippen LogP contribution in [0.1, 0.15) is 98.3 Å². The van der Waals surface area contributed by atoms with Crippen LogP contribution in [-0.2, 0) is 14.3 Å². The Balaban J connectivity index is 1.37. The molecule has 0 bridgehead atoms. The Morgan fingerprint density at radius 2 is 1.61 bits per heavy atom. The fraction of sp³-hybridized carbons (Fsp3) is 0.966. The Morgan fingerprint density at radius 3 is 2.36 bits per heavy atom. The molecule has 5 fully saturated rings. The molecule has 0 radical (unpaired) electrons. The lowest BCUT2D eigenvalue weighted by molar-refractivity contribution is -0.216. The molecular formula is C29H48O4. The maximum Gasteiger partial charge on any atom is 0.331 e. The van der Waals surface area contributed by atoms with E-state index in [0.717, 1.165) is 36.7 Å². The Bertz CT molecular complexity index is 763. The van der Waals surface area contributed by atoms with Crippen molar-refractivity contribution in [2.24, 2.45) is 51.2 Å². The summed E-state index contributed by atoms with van der Waals surface area (Å²) >= 11 is 0. The molecule has 4 nitrogen and oxygen atoms in total. The predicted octanol–water partition coefficient (Wildman–Crippen LogP) is 6.00. The lowest BCUT2D eigenvalue weighted by Crippen LogP contribution is -2.63.